The summed E-state index contributed by atoms with van der Waals surface area (Å²) in [6.07, 6.45) is 1.83. The van der Waals surface area contributed by atoms with Crippen LogP contribution in [0.5, 0.6) is 0 Å². The lowest BCUT2D eigenvalue weighted by Crippen LogP contribution is -1.93. The number of fused-ring (bicyclic) bond motifs is 1. The van der Waals surface area contributed by atoms with Crippen LogP contribution in [0, 0.1) is 6.92 Å². The quantitative estimate of drug-likeness (QED) is 0.616. The molecule has 92 valence electrons. The van der Waals surface area contributed by atoms with Crippen molar-refractivity contribution in [2.75, 3.05) is 0 Å². The van der Waals surface area contributed by atoms with Crippen LogP contribution in [0.3, 0.4) is 0 Å². The number of aryl methyl sites for hydroxylation is 1. The lowest BCUT2D eigenvalue weighted by Gasteiger charge is -2.05. The first-order valence-electron chi connectivity index (χ1n) is 6.34. The van der Waals surface area contributed by atoms with Crippen LogP contribution < -0.4 is 0 Å². The zero-order valence-corrected chi connectivity index (χ0v) is 11.1. The van der Waals surface area contributed by atoms with E-state index in [2.05, 4.69) is 48.4 Å². The van der Waals surface area contributed by atoms with Crippen molar-refractivity contribution in [2.45, 2.75) is 20.8 Å². The first-order valence-corrected chi connectivity index (χ1v) is 6.34. The molecule has 0 saturated heterocycles. The largest absolute Gasteiger partial charge is 0.238 e. The molecule has 0 spiro atoms. The zero-order valence-electron chi connectivity index (χ0n) is 11.1. The van der Waals surface area contributed by atoms with Gasteiger partial charge in [0, 0.05) is 11.9 Å². The van der Waals surface area contributed by atoms with E-state index in [0.717, 1.165) is 11.2 Å². The van der Waals surface area contributed by atoms with Gasteiger partial charge < -0.3 is 0 Å². The Bertz CT molecular complexity index is 624. The molecule has 0 unspecified atom stereocenters. The Kier molecular flexibility index (Phi) is 3.78. The smallest absolute Gasteiger partial charge is 0.0670 e. The van der Waals surface area contributed by atoms with E-state index in [4.69, 9.17) is 0 Å². The number of nitrogens with zero attached hydrogens (tertiary/aromatic N) is 2. The minimum atomic E-state index is 1.14. The Hall–Kier alpha value is -2.09. The van der Waals surface area contributed by atoms with Gasteiger partial charge in [-0.25, -0.2) is 4.52 Å². The van der Waals surface area contributed by atoms with Gasteiger partial charge in [0.05, 0.1) is 5.52 Å². The van der Waals surface area contributed by atoms with Crippen molar-refractivity contribution in [2.24, 2.45) is 0 Å². The average Bonchev–Trinajstić information content (AvgIpc) is 2.91. The molecule has 1 aromatic carbocycles. The number of aromatic nitrogens is 2. The Balaban J connectivity index is 0.000000574. The maximum atomic E-state index is 4.27. The van der Waals surface area contributed by atoms with Crippen LogP contribution in [0.25, 0.3) is 16.6 Å². The average molecular weight is 238 g/mol. The number of rotatable bonds is 1. The van der Waals surface area contributed by atoms with Gasteiger partial charge in [-0.2, -0.15) is 5.10 Å². The van der Waals surface area contributed by atoms with E-state index in [-0.39, 0.29) is 0 Å². The van der Waals surface area contributed by atoms with Crippen molar-refractivity contribution in [1.82, 2.24) is 9.61 Å². The number of pyridine rings is 1. The molecule has 0 aliphatic rings. The Morgan fingerprint density at radius 1 is 0.889 bits per heavy atom. The number of benzene rings is 1. The first kappa shape index (κ1) is 12.4. The lowest BCUT2D eigenvalue weighted by molar-refractivity contribution is 0.915. The third-order valence-corrected chi connectivity index (χ3v) is 2.78. The van der Waals surface area contributed by atoms with E-state index in [9.17, 15) is 0 Å². The summed E-state index contributed by atoms with van der Waals surface area (Å²) in [5, 5.41) is 4.27. The second-order valence-corrected chi connectivity index (χ2v) is 3.92. The molecular formula is C16H18N2. The number of hydrogen-bond acceptors (Lipinski definition) is 1. The fraction of sp³-hybridized carbons (Fsp3) is 0.188. The molecule has 0 fully saturated rings. The van der Waals surface area contributed by atoms with E-state index in [0.29, 0.717) is 0 Å². The van der Waals surface area contributed by atoms with Crippen LogP contribution in [0.1, 0.15) is 19.5 Å². The SMILES string of the molecule is CC.Cc1cc(-c2ccccc2)cc2ccnn12. The van der Waals surface area contributed by atoms with Crippen LogP contribution in [-0.2, 0) is 0 Å². The topological polar surface area (TPSA) is 17.3 Å². The van der Waals surface area contributed by atoms with Crippen molar-refractivity contribution in [3.05, 3.63) is 60.4 Å². The predicted molar refractivity (Wildman–Crippen MR) is 76.7 cm³/mol. The lowest BCUT2D eigenvalue weighted by atomic mass is 10.1. The third kappa shape index (κ3) is 2.28. The highest BCUT2D eigenvalue weighted by molar-refractivity contribution is 5.69. The summed E-state index contributed by atoms with van der Waals surface area (Å²) in [6.45, 7) is 6.08. The molecular weight excluding hydrogens is 220 g/mol. The van der Waals surface area contributed by atoms with Crippen LogP contribution >= 0.6 is 0 Å². The van der Waals surface area contributed by atoms with Gasteiger partial charge >= 0.3 is 0 Å². The van der Waals surface area contributed by atoms with E-state index in [1.165, 1.54) is 11.1 Å². The maximum Gasteiger partial charge on any atom is 0.0670 e. The van der Waals surface area contributed by atoms with Gasteiger partial charge in [0.2, 0.25) is 0 Å². The molecule has 18 heavy (non-hydrogen) atoms. The summed E-state index contributed by atoms with van der Waals surface area (Å²) in [5.74, 6) is 0. The summed E-state index contributed by atoms with van der Waals surface area (Å²) in [7, 11) is 0. The van der Waals surface area contributed by atoms with Gasteiger partial charge in [-0.3, -0.25) is 0 Å². The van der Waals surface area contributed by atoms with Crippen molar-refractivity contribution in [3.8, 4) is 11.1 Å². The monoisotopic (exact) mass is 238 g/mol. The van der Waals surface area contributed by atoms with Gasteiger partial charge in [0.25, 0.3) is 0 Å². The van der Waals surface area contributed by atoms with Crippen LogP contribution in [0.2, 0.25) is 0 Å². The van der Waals surface area contributed by atoms with Crippen molar-refractivity contribution in [1.29, 1.82) is 0 Å². The van der Waals surface area contributed by atoms with Gasteiger partial charge in [0.15, 0.2) is 0 Å². The molecule has 3 rings (SSSR count). The molecule has 3 aromatic rings. The van der Waals surface area contributed by atoms with E-state index >= 15 is 0 Å². The van der Waals surface area contributed by atoms with Gasteiger partial charge in [-0.1, -0.05) is 44.2 Å². The van der Waals surface area contributed by atoms with E-state index in [1.54, 1.807) is 0 Å². The highest BCUT2D eigenvalue weighted by Gasteiger charge is 2.02. The van der Waals surface area contributed by atoms with Crippen molar-refractivity contribution >= 4 is 5.52 Å². The molecule has 0 aliphatic heterocycles. The van der Waals surface area contributed by atoms with Gasteiger partial charge in [-0.15, -0.1) is 0 Å². The molecule has 0 N–H and O–H groups in total. The van der Waals surface area contributed by atoms with Crippen molar-refractivity contribution in [3.63, 3.8) is 0 Å². The summed E-state index contributed by atoms with van der Waals surface area (Å²) < 4.78 is 1.95. The van der Waals surface area contributed by atoms with Gasteiger partial charge in [-0.05, 0) is 36.2 Å². The first-order chi connectivity index (χ1) is 8.84. The standard InChI is InChI=1S/C14H12N2.C2H6/c1-11-9-13(12-5-3-2-4-6-12)10-14-7-8-15-16(11)14;1-2/h2-10H,1H3;1-2H3. The van der Waals surface area contributed by atoms with Gasteiger partial charge in [0.1, 0.15) is 0 Å². The zero-order chi connectivity index (χ0) is 13.0. The second kappa shape index (κ2) is 5.50. The molecule has 0 aliphatic carbocycles. The normalized spacial score (nSPS) is 9.94. The Morgan fingerprint density at radius 3 is 2.33 bits per heavy atom. The Labute approximate surface area is 108 Å². The fourth-order valence-electron chi connectivity index (χ4n) is 2.00. The highest BCUT2D eigenvalue weighted by atomic mass is 15.2. The minimum absolute atomic E-state index is 1.14. The molecule has 0 bridgehead atoms. The van der Waals surface area contributed by atoms with E-state index in [1.807, 2.05) is 36.7 Å². The molecule has 2 heteroatoms. The third-order valence-electron chi connectivity index (χ3n) is 2.78. The molecule has 0 atom stereocenters. The minimum Gasteiger partial charge on any atom is -0.238 e. The summed E-state index contributed by atoms with van der Waals surface area (Å²) in [6, 6.07) is 16.8. The fourth-order valence-corrected chi connectivity index (χ4v) is 2.00. The van der Waals surface area contributed by atoms with Crippen LogP contribution in [-0.4, -0.2) is 9.61 Å². The summed E-state index contributed by atoms with van der Waals surface area (Å²) >= 11 is 0. The summed E-state index contributed by atoms with van der Waals surface area (Å²) in [4.78, 5) is 0. The molecule has 2 heterocycles. The molecule has 0 radical (unpaired) electrons. The highest BCUT2D eigenvalue weighted by Crippen LogP contribution is 2.22. The molecule has 2 aromatic heterocycles. The second-order valence-electron chi connectivity index (χ2n) is 3.92. The molecule has 0 amide bonds. The summed E-state index contributed by atoms with van der Waals surface area (Å²) in [5.41, 5.74) is 4.78. The molecule has 0 saturated carbocycles. The van der Waals surface area contributed by atoms with E-state index < -0.39 is 0 Å². The van der Waals surface area contributed by atoms with Crippen LogP contribution in [0.15, 0.2) is 54.7 Å². The predicted octanol–water partition coefficient (Wildman–Crippen LogP) is 4.34. The van der Waals surface area contributed by atoms with Crippen molar-refractivity contribution < 1.29 is 0 Å². The maximum absolute atomic E-state index is 4.27. The van der Waals surface area contributed by atoms with Crippen LogP contribution in [0.4, 0.5) is 0 Å². The molecule has 2 nitrogen and oxygen atoms in total. The Morgan fingerprint density at radius 2 is 1.61 bits per heavy atom. The number of hydrogen-bond donors (Lipinski definition) is 0.